The van der Waals surface area contributed by atoms with E-state index in [9.17, 15) is 0 Å². The average molecular weight is 380 g/mol. The van der Waals surface area contributed by atoms with Gasteiger partial charge in [-0.15, -0.1) is 0 Å². The van der Waals surface area contributed by atoms with Crippen LogP contribution in [0.15, 0.2) is 18.3 Å². The van der Waals surface area contributed by atoms with Gasteiger partial charge < -0.3 is 5.32 Å². The first-order valence-electron chi connectivity index (χ1n) is 6.93. The molecule has 0 atom stereocenters. The fraction of sp³-hybridized carbons (Fsp3) is 0.400. The summed E-state index contributed by atoms with van der Waals surface area (Å²) in [5.41, 5.74) is 3.17. The minimum atomic E-state index is 0.611. The van der Waals surface area contributed by atoms with Gasteiger partial charge in [-0.2, -0.15) is 0 Å². The highest BCUT2D eigenvalue weighted by atomic mass is 127. The van der Waals surface area contributed by atoms with Crippen LogP contribution in [0.4, 0.5) is 5.82 Å². The zero-order chi connectivity index (χ0) is 14.1. The number of nitrogens with one attached hydrogen (secondary N) is 1. The monoisotopic (exact) mass is 380 g/mol. The van der Waals surface area contributed by atoms with E-state index in [0.29, 0.717) is 5.92 Å². The molecule has 2 aromatic rings. The lowest BCUT2D eigenvalue weighted by molar-refractivity contribution is 0.970. The van der Waals surface area contributed by atoms with E-state index in [4.69, 9.17) is 4.98 Å². The molecule has 0 aromatic carbocycles. The molecule has 0 bridgehead atoms. The highest BCUT2D eigenvalue weighted by Crippen LogP contribution is 2.42. The first-order chi connectivity index (χ1) is 9.69. The van der Waals surface area contributed by atoms with Crippen molar-refractivity contribution in [3.8, 4) is 11.4 Å². The highest BCUT2D eigenvalue weighted by Gasteiger charge is 2.29. The highest BCUT2D eigenvalue weighted by molar-refractivity contribution is 14.1. The van der Waals surface area contributed by atoms with Crippen LogP contribution in [-0.4, -0.2) is 21.5 Å². The molecule has 104 valence electrons. The van der Waals surface area contributed by atoms with Crippen LogP contribution in [0.5, 0.6) is 0 Å². The van der Waals surface area contributed by atoms with Crippen molar-refractivity contribution in [3.05, 3.63) is 33.3 Å². The molecule has 0 radical (unpaired) electrons. The molecule has 1 aliphatic carbocycles. The normalized spacial score (nSPS) is 14.3. The number of rotatable bonds is 4. The van der Waals surface area contributed by atoms with E-state index in [2.05, 4.69) is 44.8 Å². The van der Waals surface area contributed by atoms with Crippen molar-refractivity contribution in [1.29, 1.82) is 0 Å². The molecule has 20 heavy (non-hydrogen) atoms. The van der Waals surface area contributed by atoms with Crippen LogP contribution in [0.2, 0.25) is 0 Å². The maximum Gasteiger partial charge on any atom is 0.163 e. The Labute approximate surface area is 132 Å². The van der Waals surface area contributed by atoms with E-state index >= 15 is 0 Å². The van der Waals surface area contributed by atoms with E-state index < -0.39 is 0 Å². The van der Waals surface area contributed by atoms with Crippen LogP contribution in [0, 0.1) is 10.5 Å². The van der Waals surface area contributed by atoms with Gasteiger partial charge in [0, 0.05) is 29.9 Å². The third kappa shape index (κ3) is 2.77. The van der Waals surface area contributed by atoms with Gasteiger partial charge in [0.2, 0.25) is 0 Å². The second kappa shape index (κ2) is 5.63. The molecule has 1 N–H and O–H groups in total. The van der Waals surface area contributed by atoms with Crippen molar-refractivity contribution in [3.63, 3.8) is 0 Å². The van der Waals surface area contributed by atoms with E-state index in [1.807, 2.05) is 25.3 Å². The van der Waals surface area contributed by atoms with Gasteiger partial charge in [0.25, 0.3) is 0 Å². The summed E-state index contributed by atoms with van der Waals surface area (Å²) in [6.45, 7) is 4.93. The largest absolute Gasteiger partial charge is 0.369 e. The lowest BCUT2D eigenvalue weighted by atomic mass is 10.2. The number of hydrogen-bond acceptors (Lipinski definition) is 4. The van der Waals surface area contributed by atoms with Gasteiger partial charge in [-0.1, -0.05) is 0 Å². The maximum atomic E-state index is 4.78. The first kappa shape index (κ1) is 13.7. The summed E-state index contributed by atoms with van der Waals surface area (Å²) in [6, 6.07) is 4.04. The van der Waals surface area contributed by atoms with E-state index in [1.165, 1.54) is 18.5 Å². The zero-order valence-electron chi connectivity index (χ0n) is 11.7. The van der Waals surface area contributed by atoms with Crippen molar-refractivity contribution in [2.45, 2.75) is 32.6 Å². The SMILES string of the molecule is CCNc1nc(-c2ccc(C)nc2)nc(C2CC2)c1I. The number of hydrogen-bond donors (Lipinski definition) is 1. The summed E-state index contributed by atoms with van der Waals surface area (Å²) < 4.78 is 1.16. The topological polar surface area (TPSA) is 50.7 Å². The van der Waals surface area contributed by atoms with Crippen molar-refractivity contribution < 1.29 is 0 Å². The third-order valence-electron chi connectivity index (χ3n) is 3.35. The molecule has 0 saturated heterocycles. The Hall–Kier alpha value is -1.24. The molecule has 0 unspecified atom stereocenters. The van der Waals surface area contributed by atoms with Gasteiger partial charge in [-0.3, -0.25) is 4.98 Å². The van der Waals surface area contributed by atoms with Crippen molar-refractivity contribution in [2.75, 3.05) is 11.9 Å². The third-order valence-corrected chi connectivity index (χ3v) is 4.42. The van der Waals surface area contributed by atoms with Gasteiger partial charge in [-0.05, 0) is 61.4 Å². The Bertz CT molecular complexity index is 621. The van der Waals surface area contributed by atoms with Crippen LogP contribution in [0.25, 0.3) is 11.4 Å². The van der Waals surface area contributed by atoms with Gasteiger partial charge in [-0.25, -0.2) is 9.97 Å². The number of aryl methyl sites for hydroxylation is 1. The summed E-state index contributed by atoms with van der Waals surface area (Å²) in [4.78, 5) is 13.8. The summed E-state index contributed by atoms with van der Waals surface area (Å²) in [5, 5.41) is 3.34. The minimum absolute atomic E-state index is 0.611. The Balaban J connectivity index is 2.07. The van der Waals surface area contributed by atoms with E-state index in [0.717, 1.165) is 33.0 Å². The molecule has 1 saturated carbocycles. The Morgan fingerprint density at radius 3 is 2.70 bits per heavy atom. The van der Waals surface area contributed by atoms with Crippen molar-refractivity contribution in [1.82, 2.24) is 15.0 Å². The lowest BCUT2D eigenvalue weighted by Crippen LogP contribution is -2.07. The molecule has 2 aromatic heterocycles. The van der Waals surface area contributed by atoms with Gasteiger partial charge in [0.05, 0.1) is 9.26 Å². The van der Waals surface area contributed by atoms with Gasteiger partial charge in [0.1, 0.15) is 5.82 Å². The zero-order valence-corrected chi connectivity index (χ0v) is 13.8. The maximum absolute atomic E-state index is 4.78. The average Bonchev–Trinajstić information content (AvgIpc) is 3.27. The summed E-state index contributed by atoms with van der Waals surface area (Å²) >= 11 is 2.36. The predicted octanol–water partition coefficient (Wildman–Crippen LogP) is 3.76. The molecule has 3 rings (SSSR count). The number of pyridine rings is 1. The van der Waals surface area contributed by atoms with E-state index in [-0.39, 0.29) is 0 Å². The second-order valence-corrected chi connectivity index (χ2v) is 6.17. The minimum Gasteiger partial charge on any atom is -0.369 e. The van der Waals surface area contributed by atoms with Crippen molar-refractivity contribution in [2.24, 2.45) is 0 Å². The summed E-state index contributed by atoms with van der Waals surface area (Å²) in [6.07, 6.45) is 4.33. The fourth-order valence-corrected chi connectivity index (χ4v) is 2.98. The summed E-state index contributed by atoms with van der Waals surface area (Å²) in [7, 11) is 0. The molecule has 4 nitrogen and oxygen atoms in total. The molecular formula is C15H17IN4. The molecule has 2 heterocycles. The lowest BCUT2D eigenvalue weighted by Gasteiger charge is -2.12. The van der Waals surface area contributed by atoms with Crippen LogP contribution in [-0.2, 0) is 0 Å². The molecule has 0 aliphatic heterocycles. The first-order valence-corrected chi connectivity index (χ1v) is 8.01. The molecule has 0 spiro atoms. The van der Waals surface area contributed by atoms with Gasteiger partial charge >= 0.3 is 0 Å². The van der Waals surface area contributed by atoms with Crippen LogP contribution in [0.3, 0.4) is 0 Å². The number of anilines is 1. The number of nitrogens with zero attached hydrogens (tertiary/aromatic N) is 3. The molecule has 0 amide bonds. The Morgan fingerprint density at radius 2 is 2.10 bits per heavy atom. The van der Waals surface area contributed by atoms with Crippen molar-refractivity contribution >= 4 is 28.4 Å². The standard InChI is InChI=1S/C15H17IN4/c1-3-17-15-12(16)13(10-6-7-10)19-14(20-15)11-5-4-9(2)18-8-11/h4-5,8,10H,3,6-7H2,1-2H3,(H,17,19,20). The van der Waals surface area contributed by atoms with Crippen LogP contribution < -0.4 is 5.32 Å². The predicted molar refractivity (Wildman–Crippen MR) is 88.9 cm³/mol. The molecule has 5 heteroatoms. The Morgan fingerprint density at radius 1 is 1.30 bits per heavy atom. The quantitative estimate of drug-likeness (QED) is 0.821. The summed E-state index contributed by atoms with van der Waals surface area (Å²) in [5.74, 6) is 2.33. The number of aromatic nitrogens is 3. The van der Waals surface area contributed by atoms with Crippen LogP contribution in [0.1, 0.15) is 37.1 Å². The van der Waals surface area contributed by atoms with E-state index in [1.54, 1.807) is 0 Å². The molecule has 1 fully saturated rings. The fourth-order valence-electron chi connectivity index (χ4n) is 2.11. The van der Waals surface area contributed by atoms with Crippen LogP contribution >= 0.6 is 22.6 Å². The Kier molecular flexibility index (Phi) is 3.87. The number of halogens is 1. The molecular weight excluding hydrogens is 363 g/mol. The smallest absolute Gasteiger partial charge is 0.163 e. The second-order valence-electron chi connectivity index (χ2n) is 5.09. The van der Waals surface area contributed by atoms with Gasteiger partial charge in [0.15, 0.2) is 5.82 Å². The molecule has 1 aliphatic rings.